The molecule has 0 unspecified atom stereocenters. The summed E-state index contributed by atoms with van der Waals surface area (Å²) in [5.74, 6) is -0.266. The lowest BCUT2D eigenvalue weighted by molar-refractivity contribution is 0.0946. The predicted molar refractivity (Wildman–Crippen MR) is 97.1 cm³/mol. The number of carbonyl (C=O) groups is 1. The first kappa shape index (κ1) is 18.0. The lowest BCUT2D eigenvalue weighted by atomic mass is 10.2. The van der Waals surface area contributed by atoms with Gasteiger partial charge in [-0.05, 0) is 44.0 Å². The van der Waals surface area contributed by atoms with Crippen molar-refractivity contribution in [3.8, 4) is 0 Å². The quantitative estimate of drug-likeness (QED) is 0.866. The maximum atomic E-state index is 12.6. The molecular weight excluding hydrogens is 358 g/mol. The number of rotatable bonds is 5. The van der Waals surface area contributed by atoms with Gasteiger partial charge in [-0.3, -0.25) is 4.79 Å². The molecule has 0 radical (unpaired) electrons. The predicted octanol–water partition coefficient (Wildman–Crippen LogP) is 2.56. The molecule has 0 aliphatic carbocycles. The molecule has 2 aromatic heterocycles. The van der Waals surface area contributed by atoms with E-state index in [-0.39, 0.29) is 12.5 Å². The van der Waals surface area contributed by atoms with Crippen LogP contribution in [0.25, 0.3) is 0 Å². The number of amides is 1. The van der Waals surface area contributed by atoms with E-state index < -0.39 is 10.0 Å². The first-order chi connectivity index (χ1) is 12.0. The van der Waals surface area contributed by atoms with Crippen LogP contribution < -0.4 is 5.32 Å². The summed E-state index contributed by atoms with van der Waals surface area (Å²) in [4.78, 5) is 17.1. The third-order valence-corrected chi connectivity index (χ3v) is 7.54. The Balaban J connectivity index is 1.64. The average molecular weight is 380 g/mol. The molecule has 1 amide bonds. The van der Waals surface area contributed by atoms with Crippen molar-refractivity contribution in [3.05, 3.63) is 46.6 Å². The molecule has 3 rings (SSSR count). The van der Waals surface area contributed by atoms with E-state index in [0.29, 0.717) is 23.0 Å². The molecule has 0 spiro atoms. The maximum Gasteiger partial charge on any atom is 0.270 e. The van der Waals surface area contributed by atoms with Gasteiger partial charge < -0.3 is 5.32 Å². The Morgan fingerprint density at radius 3 is 2.68 bits per heavy atom. The molecule has 1 fully saturated rings. The molecule has 1 saturated heterocycles. The van der Waals surface area contributed by atoms with Gasteiger partial charge in [0.15, 0.2) is 0 Å². The van der Waals surface area contributed by atoms with Gasteiger partial charge in [0.05, 0.1) is 6.54 Å². The van der Waals surface area contributed by atoms with Crippen LogP contribution in [-0.4, -0.2) is 36.7 Å². The van der Waals surface area contributed by atoms with Crippen molar-refractivity contribution >= 4 is 27.3 Å². The first-order valence-electron chi connectivity index (χ1n) is 8.27. The van der Waals surface area contributed by atoms with E-state index in [1.54, 1.807) is 28.6 Å². The molecule has 6 nitrogen and oxygen atoms in total. The molecule has 8 heteroatoms. The van der Waals surface area contributed by atoms with Gasteiger partial charge in [-0.1, -0.05) is 12.5 Å². The highest BCUT2D eigenvalue weighted by molar-refractivity contribution is 7.91. The maximum absolute atomic E-state index is 12.6. The summed E-state index contributed by atoms with van der Waals surface area (Å²) in [5, 5.41) is 2.79. The monoisotopic (exact) mass is 379 g/mol. The zero-order chi connectivity index (χ0) is 17.9. The number of thiophene rings is 1. The number of hydrogen-bond acceptors (Lipinski definition) is 5. The Bertz CT molecular complexity index is 856. The van der Waals surface area contributed by atoms with Gasteiger partial charge in [-0.15, -0.1) is 11.3 Å². The summed E-state index contributed by atoms with van der Waals surface area (Å²) >= 11 is 1.21. The van der Waals surface area contributed by atoms with Crippen molar-refractivity contribution in [2.75, 3.05) is 13.1 Å². The Morgan fingerprint density at radius 1 is 1.20 bits per heavy atom. The highest BCUT2D eigenvalue weighted by Gasteiger charge is 2.27. The highest BCUT2D eigenvalue weighted by Crippen LogP contribution is 2.27. The topological polar surface area (TPSA) is 79.4 Å². The Morgan fingerprint density at radius 2 is 1.96 bits per heavy atom. The van der Waals surface area contributed by atoms with Crippen molar-refractivity contribution in [1.29, 1.82) is 0 Å². The van der Waals surface area contributed by atoms with Crippen LogP contribution in [0.15, 0.2) is 34.5 Å². The average Bonchev–Trinajstić information content (AvgIpc) is 3.10. The molecule has 0 aromatic carbocycles. The largest absolute Gasteiger partial charge is 0.346 e. The molecule has 1 N–H and O–H groups in total. The van der Waals surface area contributed by atoms with E-state index in [4.69, 9.17) is 0 Å². The smallest absolute Gasteiger partial charge is 0.270 e. The number of sulfonamides is 1. The Labute approximate surface area is 151 Å². The van der Waals surface area contributed by atoms with Crippen molar-refractivity contribution in [2.45, 2.75) is 36.9 Å². The summed E-state index contributed by atoms with van der Waals surface area (Å²) in [5.41, 5.74) is 1.14. The number of piperidine rings is 1. The fraction of sp³-hybridized carbons (Fsp3) is 0.412. The second-order valence-corrected chi connectivity index (χ2v) is 9.37. The Kier molecular flexibility index (Phi) is 5.51. The van der Waals surface area contributed by atoms with E-state index in [9.17, 15) is 13.2 Å². The van der Waals surface area contributed by atoms with Crippen molar-refractivity contribution < 1.29 is 13.2 Å². The lowest BCUT2D eigenvalue weighted by Crippen LogP contribution is -2.35. The number of hydrogen-bond donors (Lipinski definition) is 1. The highest BCUT2D eigenvalue weighted by atomic mass is 32.2. The van der Waals surface area contributed by atoms with Crippen molar-refractivity contribution in [1.82, 2.24) is 14.6 Å². The fourth-order valence-electron chi connectivity index (χ4n) is 2.75. The minimum absolute atomic E-state index is 0.266. The molecule has 3 heterocycles. The Hall–Kier alpha value is -1.77. The third-order valence-electron chi connectivity index (χ3n) is 4.09. The second-order valence-electron chi connectivity index (χ2n) is 6.03. The van der Waals surface area contributed by atoms with Gasteiger partial charge in [0.25, 0.3) is 15.9 Å². The minimum atomic E-state index is -3.41. The van der Waals surface area contributed by atoms with Gasteiger partial charge in [-0.2, -0.15) is 4.31 Å². The van der Waals surface area contributed by atoms with Crippen LogP contribution in [0, 0.1) is 6.92 Å². The minimum Gasteiger partial charge on any atom is -0.346 e. The summed E-state index contributed by atoms with van der Waals surface area (Å²) in [6, 6.07) is 8.65. The summed E-state index contributed by atoms with van der Waals surface area (Å²) < 4.78 is 27.2. The number of nitrogens with zero attached hydrogens (tertiary/aromatic N) is 2. The zero-order valence-corrected chi connectivity index (χ0v) is 15.7. The number of nitrogens with one attached hydrogen (secondary N) is 1. The van der Waals surface area contributed by atoms with Crippen LogP contribution >= 0.6 is 11.3 Å². The molecule has 134 valence electrons. The lowest BCUT2D eigenvalue weighted by Gasteiger charge is -2.25. The summed E-state index contributed by atoms with van der Waals surface area (Å²) in [6.45, 7) is 3.29. The summed E-state index contributed by atoms with van der Waals surface area (Å²) in [6.07, 6.45) is 2.91. The van der Waals surface area contributed by atoms with Gasteiger partial charge in [0, 0.05) is 23.7 Å². The van der Waals surface area contributed by atoms with Gasteiger partial charge in [0.1, 0.15) is 9.90 Å². The molecule has 25 heavy (non-hydrogen) atoms. The van der Waals surface area contributed by atoms with Crippen LogP contribution in [0.1, 0.15) is 40.3 Å². The van der Waals surface area contributed by atoms with Gasteiger partial charge in [-0.25, -0.2) is 13.4 Å². The third kappa shape index (κ3) is 4.26. The number of carbonyl (C=O) groups excluding carboxylic acids is 1. The molecule has 1 aliphatic heterocycles. The van der Waals surface area contributed by atoms with E-state index in [0.717, 1.165) is 29.8 Å². The number of pyridine rings is 1. The van der Waals surface area contributed by atoms with Crippen LogP contribution in [0.5, 0.6) is 0 Å². The van der Waals surface area contributed by atoms with Crippen LogP contribution in [0.2, 0.25) is 0 Å². The van der Waals surface area contributed by atoms with Crippen molar-refractivity contribution in [3.63, 3.8) is 0 Å². The van der Waals surface area contributed by atoms with Crippen LogP contribution in [-0.2, 0) is 16.6 Å². The van der Waals surface area contributed by atoms with E-state index in [2.05, 4.69) is 10.3 Å². The standard InChI is InChI=1S/C17H21N3O3S2/c1-13-6-5-7-15(19-13)17(21)18-12-14-8-9-16(24-14)25(22,23)20-10-3-2-4-11-20/h5-9H,2-4,10-12H2,1H3,(H,18,21). The molecule has 0 atom stereocenters. The molecule has 0 saturated carbocycles. The van der Waals surface area contributed by atoms with E-state index in [1.807, 2.05) is 13.0 Å². The fourth-order valence-corrected chi connectivity index (χ4v) is 5.72. The van der Waals surface area contributed by atoms with Crippen LogP contribution in [0.4, 0.5) is 0 Å². The van der Waals surface area contributed by atoms with Gasteiger partial charge >= 0.3 is 0 Å². The van der Waals surface area contributed by atoms with E-state index in [1.165, 1.54) is 11.3 Å². The first-order valence-corrected chi connectivity index (χ1v) is 10.5. The number of aryl methyl sites for hydroxylation is 1. The van der Waals surface area contributed by atoms with Crippen molar-refractivity contribution in [2.24, 2.45) is 0 Å². The summed E-state index contributed by atoms with van der Waals surface area (Å²) in [7, 11) is -3.41. The van der Waals surface area contributed by atoms with Gasteiger partial charge in [0.2, 0.25) is 0 Å². The molecule has 0 bridgehead atoms. The zero-order valence-electron chi connectivity index (χ0n) is 14.1. The molecule has 2 aromatic rings. The molecular formula is C17H21N3O3S2. The van der Waals surface area contributed by atoms with Crippen LogP contribution in [0.3, 0.4) is 0 Å². The number of aromatic nitrogens is 1. The second kappa shape index (κ2) is 7.63. The normalized spacial score (nSPS) is 15.9. The van der Waals surface area contributed by atoms with E-state index >= 15 is 0 Å². The molecule has 1 aliphatic rings. The SMILES string of the molecule is Cc1cccc(C(=O)NCc2ccc(S(=O)(=O)N3CCCCC3)s2)n1.